The first-order valence-corrected chi connectivity index (χ1v) is 53.6. The third-order valence-electron chi connectivity index (χ3n) is 30.9. The van der Waals surface area contributed by atoms with Gasteiger partial charge in [0.1, 0.15) is 47.3 Å². The predicted molar refractivity (Wildman–Crippen MR) is 559 cm³/mol. The van der Waals surface area contributed by atoms with Gasteiger partial charge in [0.05, 0.1) is 36.7 Å². The molecule has 147 heavy (non-hydrogen) atoms. The average molecular weight is 2040 g/mol. The normalized spacial score (nSPS) is 20.7. The van der Waals surface area contributed by atoms with Gasteiger partial charge < -0.3 is 51.9 Å². The molecule has 10 rings (SSSR count). The van der Waals surface area contributed by atoms with E-state index in [1.165, 1.54) is 55.8 Å². The highest BCUT2D eigenvalue weighted by Gasteiger charge is 2.56. The Kier molecular flexibility index (Phi) is 46.8. The number of nitrogens with one attached hydrogen (secondary N) is 7. The summed E-state index contributed by atoms with van der Waals surface area (Å²) in [6.45, 7) is 44.3. The summed E-state index contributed by atoms with van der Waals surface area (Å²) in [6, 6.07) is -0.275. The van der Waals surface area contributed by atoms with Crippen molar-refractivity contribution in [2.45, 2.75) is 388 Å². The maximum Gasteiger partial charge on any atom is 0.289 e. The number of hydrogen-bond acceptors (Lipinski definition) is 24. The van der Waals surface area contributed by atoms with Crippen molar-refractivity contribution in [1.29, 1.82) is 0 Å². The maximum atomic E-state index is 14.6. The van der Waals surface area contributed by atoms with Gasteiger partial charge in [0.15, 0.2) is 28.9 Å². The number of carbonyl (C=O) groups is 18. The second kappa shape index (κ2) is 56.2. The summed E-state index contributed by atoms with van der Waals surface area (Å²) in [7, 11) is 0. The van der Waals surface area contributed by atoms with Crippen LogP contribution < -0.4 is 37.2 Å². The molecular weight excluding hydrogens is 1870 g/mol. The number of benzene rings is 1. The van der Waals surface area contributed by atoms with Crippen LogP contribution in [0.2, 0.25) is 0 Å². The minimum atomic E-state index is -1.02. The van der Waals surface area contributed by atoms with E-state index in [2.05, 4.69) is 67.1 Å². The Balaban J connectivity index is 0.000000298. The zero-order valence-corrected chi connectivity index (χ0v) is 90.7. The third-order valence-corrected chi connectivity index (χ3v) is 30.9. The van der Waals surface area contributed by atoms with E-state index in [9.17, 15) is 86.3 Å². The first-order valence-electron chi connectivity index (χ1n) is 53.6. The monoisotopic (exact) mass is 2040 g/mol. The number of fused-ring (bicyclic) bond motifs is 3. The molecule has 5 fully saturated rings. The van der Waals surface area contributed by atoms with Crippen molar-refractivity contribution in [2.75, 3.05) is 13.1 Å². The number of likely N-dealkylation sites (tertiary alicyclic amines) is 2. The molecule has 7 N–H and O–H groups in total. The number of ketones is 8. The summed E-state index contributed by atoms with van der Waals surface area (Å²) in [4.78, 5) is 274. The zero-order valence-electron chi connectivity index (χ0n) is 90.7. The van der Waals surface area contributed by atoms with Gasteiger partial charge in [0.25, 0.3) is 11.8 Å². The molecule has 0 spiro atoms. The van der Waals surface area contributed by atoms with Crippen LogP contribution in [0.25, 0.3) is 0 Å². The summed E-state index contributed by atoms with van der Waals surface area (Å²) in [5, 5.41) is 20.1. The lowest BCUT2D eigenvalue weighted by molar-refractivity contribution is -0.148. The standard InChI is InChI=1S/C39H52N4O6.C37H58N6O6.C36H56N6O6.CH4/c1-7-11-27(35(47)34(46)18-25-14-15-25)20-33(45)31-19-26-12-9-10-13-28(26)23-43(31)38(49)36(39(4,5)6)42-37(48)29(24(3)8-2)21-32(44)30-22-40-16-17-41-30;1-10-13-27(31(45)35(48)40-23(6)21(3)4)41-34(47)30-25-15-12-14-24(25)20-43(30)36(49)32(37(7,8)9)42-33(46)26(22(5)11-2)18-29(44)28-19-38-16-17-39-28;1-9-13-26(30(44)34(47)39-22(5)11-3)40-33(46)29-24-15-12-14-23(24)20-42(29)35(48)31(36(6,7)8)41-32(45)25(21(4)10-2)18-28(43)27-19-37-16-17-38-27;/h9-10,12-13,16-17,22,24-25,27,29,31,36H,7-8,11,14-15,18-21,23H2,1-6H3,(H,42,48);16-17,19,21-27,30,32H,10-15,18,20H2,1-9H3,(H,40,48)(H,41,47)(H,42,46);16-17,19,21-26,29,31H,9-15,18,20H2,1-8H3,(H,39,47)(H,40,46)(H,41,45);1H4/t24-,27+,29-,31-,36+;22-,23-,24-,25-,26-,27-,30-,32+;21-,22-,23-,24-,25-,26-,29-,31+;/m000./s1. The van der Waals surface area contributed by atoms with Crippen LogP contribution in [0.4, 0.5) is 0 Å². The molecule has 34 heteroatoms. The molecule has 4 aromatic rings. The lowest BCUT2D eigenvalue weighted by Crippen LogP contribution is -2.60. The number of hydrogen-bond donors (Lipinski definition) is 7. The number of carbonyl (C=O) groups excluding carboxylic acids is 18. The largest absolute Gasteiger partial charge is 0.347 e. The molecular formula is C113H170N16O18. The topological polar surface area (TPSA) is 479 Å². The molecule has 3 aromatic heterocycles. The van der Waals surface area contributed by atoms with Gasteiger partial charge in [-0.15, -0.1) is 0 Å². The molecule has 10 amide bonds. The fraction of sp³-hybridized carbons (Fsp3) is 0.681. The average Bonchev–Trinajstić information content (AvgIpc) is 1.56. The second-order valence-electron chi connectivity index (χ2n) is 45.4. The van der Waals surface area contributed by atoms with E-state index in [1.807, 2.05) is 184 Å². The highest BCUT2D eigenvalue weighted by atomic mass is 16.2. The van der Waals surface area contributed by atoms with E-state index in [4.69, 9.17) is 0 Å². The number of aromatic nitrogens is 6. The van der Waals surface area contributed by atoms with Crippen LogP contribution in [-0.4, -0.2) is 223 Å². The van der Waals surface area contributed by atoms with Crippen molar-refractivity contribution in [2.24, 2.45) is 93.2 Å². The molecule has 1 aromatic carbocycles. The molecule has 0 radical (unpaired) electrons. The Hall–Kier alpha value is -11.5. The van der Waals surface area contributed by atoms with Crippen LogP contribution >= 0.6 is 0 Å². The minimum Gasteiger partial charge on any atom is -0.347 e. The van der Waals surface area contributed by atoms with Crippen LogP contribution in [0.5, 0.6) is 0 Å². The van der Waals surface area contributed by atoms with E-state index in [-0.39, 0.29) is 183 Å². The summed E-state index contributed by atoms with van der Waals surface area (Å²) in [5.74, 6) is -11.1. The van der Waals surface area contributed by atoms with Gasteiger partial charge in [-0.05, 0) is 159 Å². The molecule has 21 atom stereocenters. The van der Waals surface area contributed by atoms with E-state index in [0.717, 1.165) is 62.5 Å². The molecule has 6 aliphatic rings. The third kappa shape index (κ3) is 33.5. The van der Waals surface area contributed by atoms with Gasteiger partial charge in [-0.3, -0.25) is 101 Å². The molecule has 3 aliphatic carbocycles. The Morgan fingerprint density at radius 3 is 1.11 bits per heavy atom. The number of rotatable bonds is 49. The molecule has 3 saturated carbocycles. The van der Waals surface area contributed by atoms with E-state index in [1.54, 1.807) is 14.7 Å². The lowest BCUT2D eigenvalue weighted by atomic mass is 9.81. The Labute approximate surface area is 871 Å². The maximum absolute atomic E-state index is 14.6. The van der Waals surface area contributed by atoms with Gasteiger partial charge in [0.2, 0.25) is 64.6 Å². The summed E-state index contributed by atoms with van der Waals surface area (Å²) in [6.07, 6.45) is 25.4. The number of amides is 10. The minimum absolute atomic E-state index is 0. The van der Waals surface area contributed by atoms with Gasteiger partial charge >= 0.3 is 0 Å². The summed E-state index contributed by atoms with van der Waals surface area (Å²) < 4.78 is 0. The molecule has 2 saturated heterocycles. The van der Waals surface area contributed by atoms with Crippen molar-refractivity contribution >= 4 is 105 Å². The van der Waals surface area contributed by atoms with Gasteiger partial charge in [-0.1, -0.05) is 228 Å². The summed E-state index contributed by atoms with van der Waals surface area (Å²) >= 11 is 0. The fourth-order valence-corrected chi connectivity index (χ4v) is 20.5. The van der Waals surface area contributed by atoms with Crippen molar-refractivity contribution in [1.82, 2.24) is 81.8 Å². The van der Waals surface area contributed by atoms with Gasteiger partial charge in [-0.25, -0.2) is 15.0 Å². The fourth-order valence-electron chi connectivity index (χ4n) is 20.5. The lowest BCUT2D eigenvalue weighted by Gasteiger charge is -2.41. The van der Waals surface area contributed by atoms with Crippen LogP contribution in [0.15, 0.2) is 80.0 Å². The molecule has 0 bridgehead atoms. The van der Waals surface area contributed by atoms with Crippen molar-refractivity contribution in [3.8, 4) is 0 Å². The van der Waals surface area contributed by atoms with Crippen LogP contribution in [0.3, 0.4) is 0 Å². The molecule has 810 valence electrons. The molecule has 34 nitrogen and oxygen atoms in total. The molecule has 6 heterocycles. The first-order chi connectivity index (χ1) is 68.9. The Bertz CT molecular complexity index is 5190. The first kappa shape index (κ1) is 122. The van der Waals surface area contributed by atoms with Crippen LogP contribution in [-0.2, 0) is 84.9 Å². The van der Waals surface area contributed by atoms with Gasteiger partial charge in [0, 0.05) is 131 Å². The van der Waals surface area contributed by atoms with Crippen molar-refractivity contribution in [3.05, 3.63) is 108 Å². The number of Topliss-reactive ketones (excluding diaryl/α,β-unsaturated/α-hetero) is 8. The highest BCUT2D eigenvalue weighted by molar-refractivity contribution is 6.39. The molecule has 3 aliphatic heterocycles. The zero-order chi connectivity index (χ0) is 108. The quantitative estimate of drug-likeness (QED) is 0.0159. The van der Waals surface area contributed by atoms with Crippen LogP contribution in [0.1, 0.15) is 357 Å². The SMILES string of the molecule is C.CCC[C@H](CC(=O)[C@@H]1Cc2ccccc2CN1C(=O)[C@@H](NC(=O)[C@@H](CC(=O)c1cnccn1)[C@@H](C)CC)C(C)(C)C)C(=O)C(=O)CC1CC1.CCC[C@H](NC(=O)[C@@H]1[C@H]2CCC[C@H]2CN1C(=O)[C@@H](NC(=O)[C@@H](CC(=O)c1cnccn1)[C@@H](C)CC)C(C)(C)C)C(=O)C(=O)N[C@@H](C)C(C)C.CCC[C@H](NC(=O)[C@@H]1[C@H]2CCC[C@H]2CN1C(=O)[C@@H](NC(=O)[C@@H](CC(=O)c1cnccn1)[C@@H](C)CC)C(C)(C)C)C(=O)C(=O)N[C@@H](C)CC. The second-order valence-corrected chi connectivity index (χ2v) is 45.4. The highest BCUT2D eigenvalue weighted by Crippen LogP contribution is 2.46. The molecule has 0 unspecified atom stereocenters. The van der Waals surface area contributed by atoms with E-state index >= 15 is 0 Å². The van der Waals surface area contributed by atoms with Crippen molar-refractivity contribution in [3.63, 3.8) is 0 Å². The predicted octanol–water partition coefficient (Wildman–Crippen LogP) is 13.7. The smallest absolute Gasteiger partial charge is 0.289 e. The Morgan fingerprint density at radius 2 is 0.776 bits per heavy atom. The van der Waals surface area contributed by atoms with Crippen molar-refractivity contribution < 1.29 is 86.3 Å². The van der Waals surface area contributed by atoms with Gasteiger partial charge in [-0.2, -0.15) is 0 Å². The Morgan fingerprint density at radius 1 is 0.408 bits per heavy atom. The van der Waals surface area contributed by atoms with E-state index in [0.29, 0.717) is 64.5 Å². The summed E-state index contributed by atoms with van der Waals surface area (Å²) in [5.41, 5.74) is 0.182. The van der Waals surface area contributed by atoms with Crippen LogP contribution in [0, 0.1) is 93.2 Å². The number of nitrogens with zero attached hydrogens (tertiary/aromatic N) is 9. The van der Waals surface area contributed by atoms with E-state index < -0.39 is 159 Å².